The van der Waals surface area contributed by atoms with Crippen LogP contribution in [0.4, 0.5) is 11.4 Å². The molecular formula is C24H18ClN3O4. The molecule has 0 aromatic heterocycles. The molecule has 3 rings (SSSR count). The molecular weight excluding hydrogens is 430 g/mol. The molecule has 1 N–H and O–H groups in total. The molecule has 0 saturated heterocycles. The van der Waals surface area contributed by atoms with Gasteiger partial charge in [-0.3, -0.25) is 14.9 Å². The monoisotopic (exact) mass is 447 g/mol. The number of nitrogens with zero attached hydrogens (tertiary/aromatic N) is 2. The Morgan fingerprint density at radius 2 is 1.91 bits per heavy atom. The van der Waals surface area contributed by atoms with E-state index in [-0.39, 0.29) is 17.9 Å². The standard InChI is InChI=1S/C24H18ClN3O4/c1-16-22(25)6-3-7-23(16)27-24(29)19(14-26)12-18-4-2-5-21(13-18)32-15-17-8-10-20(11-9-17)28(30)31/h2-13H,15H2,1H3,(H,27,29)/b19-12-. The Bertz CT molecular complexity index is 1230. The van der Waals surface area contributed by atoms with E-state index in [0.29, 0.717) is 27.6 Å². The summed E-state index contributed by atoms with van der Waals surface area (Å²) in [5.74, 6) is -0.0180. The van der Waals surface area contributed by atoms with Gasteiger partial charge >= 0.3 is 0 Å². The molecule has 0 aliphatic rings. The second-order valence-electron chi connectivity index (χ2n) is 6.82. The van der Waals surface area contributed by atoms with Crippen molar-refractivity contribution < 1.29 is 14.5 Å². The molecule has 0 bridgehead atoms. The maximum Gasteiger partial charge on any atom is 0.269 e. The summed E-state index contributed by atoms with van der Waals surface area (Å²) in [6, 6.07) is 20.1. The minimum absolute atomic E-state index is 0.0103. The molecule has 8 heteroatoms. The number of nitriles is 1. The SMILES string of the molecule is Cc1c(Cl)cccc1NC(=O)/C(C#N)=C\c1cccc(OCc2ccc([N+](=O)[O-])cc2)c1. The zero-order valence-electron chi connectivity index (χ0n) is 17.0. The number of halogens is 1. The molecule has 1 amide bonds. The van der Waals surface area contributed by atoms with Crippen molar-refractivity contribution >= 4 is 35.0 Å². The van der Waals surface area contributed by atoms with Crippen molar-refractivity contribution in [3.8, 4) is 11.8 Å². The quantitative estimate of drug-likeness (QED) is 0.217. The van der Waals surface area contributed by atoms with E-state index in [2.05, 4.69) is 5.32 Å². The van der Waals surface area contributed by atoms with Crippen molar-refractivity contribution in [3.05, 3.63) is 104 Å². The van der Waals surface area contributed by atoms with Crippen molar-refractivity contribution in [1.29, 1.82) is 5.26 Å². The van der Waals surface area contributed by atoms with Gasteiger partial charge in [0.2, 0.25) is 0 Å². The third-order valence-corrected chi connectivity index (χ3v) is 5.01. The highest BCUT2D eigenvalue weighted by molar-refractivity contribution is 6.31. The van der Waals surface area contributed by atoms with E-state index < -0.39 is 10.8 Å². The molecule has 0 atom stereocenters. The number of non-ortho nitro benzene ring substituents is 1. The Hall–Kier alpha value is -4.15. The van der Waals surface area contributed by atoms with E-state index in [4.69, 9.17) is 16.3 Å². The van der Waals surface area contributed by atoms with Gasteiger partial charge in [0.25, 0.3) is 11.6 Å². The van der Waals surface area contributed by atoms with Gasteiger partial charge in [0.15, 0.2) is 0 Å². The molecule has 160 valence electrons. The number of carbonyl (C=O) groups is 1. The average Bonchev–Trinajstić information content (AvgIpc) is 2.79. The maximum absolute atomic E-state index is 12.6. The first-order valence-corrected chi connectivity index (χ1v) is 9.89. The number of hydrogen-bond acceptors (Lipinski definition) is 5. The fraction of sp³-hybridized carbons (Fsp3) is 0.0833. The summed E-state index contributed by atoms with van der Waals surface area (Å²) in [5, 5.41) is 23.4. The van der Waals surface area contributed by atoms with Crippen LogP contribution in [0.5, 0.6) is 5.75 Å². The molecule has 0 aliphatic carbocycles. The Labute approximate surface area is 189 Å². The first-order chi connectivity index (χ1) is 15.4. The second kappa shape index (κ2) is 10.2. The first kappa shape index (κ1) is 22.5. The number of hydrogen-bond donors (Lipinski definition) is 1. The Kier molecular flexibility index (Phi) is 7.21. The van der Waals surface area contributed by atoms with Gasteiger partial charge in [-0.15, -0.1) is 0 Å². The molecule has 3 aromatic rings. The van der Waals surface area contributed by atoms with Gasteiger partial charge in [0, 0.05) is 22.8 Å². The van der Waals surface area contributed by atoms with Crippen LogP contribution in [0.25, 0.3) is 6.08 Å². The van der Waals surface area contributed by atoms with Gasteiger partial charge in [0.1, 0.15) is 24.0 Å². The Morgan fingerprint density at radius 1 is 1.19 bits per heavy atom. The van der Waals surface area contributed by atoms with Crippen LogP contribution in [0.3, 0.4) is 0 Å². The molecule has 0 unspecified atom stereocenters. The van der Waals surface area contributed by atoms with Gasteiger partial charge in [0.05, 0.1) is 4.92 Å². The molecule has 0 fully saturated rings. The van der Waals surface area contributed by atoms with E-state index >= 15 is 0 Å². The van der Waals surface area contributed by atoms with Crippen LogP contribution in [-0.4, -0.2) is 10.8 Å². The highest BCUT2D eigenvalue weighted by Crippen LogP contribution is 2.24. The largest absolute Gasteiger partial charge is 0.489 e. The van der Waals surface area contributed by atoms with Crippen LogP contribution in [0.15, 0.2) is 72.3 Å². The minimum atomic E-state index is -0.546. The van der Waals surface area contributed by atoms with Crippen LogP contribution in [0, 0.1) is 28.4 Å². The predicted octanol–water partition coefficient (Wildman–Crippen LogP) is 5.68. The number of rotatable bonds is 7. The number of benzene rings is 3. The lowest BCUT2D eigenvalue weighted by Crippen LogP contribution is -2.14. The molecule has 0 spiro atoms. The zero-order chi connectivity index (χ0) is 23.1. The molecule has 3 aromatic carbocycles. The van der Waals surface area contributed by atoms with Gasteiger partial charge < -0.3 is 10.1 Å². The van der Waals surface area contributed by atoms with Crippen LogP contribution in [0.1, 0.15) is 16.7 Å². The van der Waals surface area contributed by atoms with Gasteiger partial charge in [-0.25, -0.2) is 0 Å². The Balaban J connectivity index is 1.71. The highest BCUT2D eigenvalue weighted by atomic mass is 35.5. The van der Waals surface area contributed by atoms with Gasteiger partial charge in [-0.05, 0) is 66.1 Å². The Morgan fingerprint density at radius 3 is 2.59 bits per heavy atom. The van der Waals surface area contributed by atoms with Crippen LogP contribution >= 0.6 is 11.6 Å². The molecule has 7 nitrogen and oxygen atoms in total. The third-order valence-electron chi connectivity index (χ3n) is 4.60. The number of nitrogens with one attached hydrogen (secondary N) is 1. The smallest absolute Gasteiger partial charge is 0.269 e. The summed E-state index contributed by atoms with van der Waals surface area (Å²) < 4.78 is 5.74. The third kappa shape index (κ3) is 5.72. The molecule has 0 heterocycles. The summed E-state index contributed by atoms with van der Waals surface area (Å²) >= 11 is 6.08. The van der Waals surface area contributed by atoms with Crippen LogP contribution in [0.2, 0.25) is 5.02 Å². The maximum atomic E-state index is 12.6. The predicted molar refractivity (Wildman–Crippen MR) is 122 cm³/mol. The number of ether oxygens (including phenoxy) is 1. The zero-order valence-corrected chi connectivity index (χ0v) is 17.8. The van der Waals surface area contributed by atoms with Crippen LogP contribution in [-0.2, 0) is 11.4 Å². The normalized spacial score (nSPS) is 10.8. The molecule has 0 aliphatic heterocycles. The number of anilines is 1. The molecule has 0 radical (unpaired) electrons. The van der Waals surface area contributed by atoms with Crippen molar-refractivity contribution in [3.63, 3.8) is 0 Å². The van der Waals surface area contributed by atoms with Crippen molar-refractivity contribution in [2.24, 2.45) is 0 Å². The molecule has 0 saturated carbocycles. The van der Waals surface area contributed by atoms with Crippen LogP contribution < -0.4 is 10.1 Å². The van der Waals surface area contributed by atoms with E-state index in [1.165, 1.54) is 18.2 Å². The lowest BCUT2D eigenvalue weighted by Gasteiger charge is -2.09. The summed E-state index contributed by atoms with van der Waals surface area (Å²) in [4.78, 5) is 22.8. The van der Waals surface area contributed by atoms with E-state index in [9.17, 15) is 20.2 Å². The van der Waals surface area contributed by atoms with E-state index in [0.717, 1.165) is 5.56 Å². The van der Waals surface area contributed by atoms with Crippen molar-refractivity contribution in [2.75, 3.05) is 5.32 Å². The fourth-order valence-electron chi connectivity index (χ4n) is 2.82. The topological polar surface area (TPSA) is 105 Å². The average molecular weight is 448 g/mol. The minimum Gasteiger partial charge on any atom is -0.489 e. The summed E-state index contributed by atoms with van der Waals surface area (Å²) in [6.07, 6.45) is 1.47. The first-order valence-electron chi connectivity index (χ1n) is 9.52. The number of nitro groups is 1. The van der Waals surface area contributed by atoms with E-state index in [1.807, 2.05) is 6.07 Å². The summed E-state index contributed by atoms with van der Waals surface area (Å²) in [6.45, 7) is 1.99. The fourth-order valence-corrected chi connectivity index (χ4v) is 3.00. The second-order valence-corrected chi connectivity index (χ2v) is 7.23. The molecule has 32 heavy (non-hydrogen) atoms. The lowest BCUT2D eigenvalue weighted by molar-refractivity contribution is -0.384. The van der Waals surface area contributed by atoms with Gasteiger partial charge in [-0.1, -0.05) is 29.8 Å². The number of amides is 1. The lowest BCUT2D eigenvalue weighted by atomic mass is 10.1. The summed E-state index contributed by atoms with van der Waals surface area (Å²) in [5.41, 5.74) is 2.56. The van der Waals surface area contributed by atoms with Crippen molar-refractivity contribution in [1.82, 2.24) is 0 Å². The number of nitro benzene ring substituents is 1. The summed E-state index contributed by atoms with van der Waals surface area (Å²) in [7, 11) is 0. The van der Waals surface area contributed by atoms with Crippen molar-refractivity contribution in [2.45, 2.75) is 13.5 Å². The highest BCUT2D eigenvalue weighted by Gasteiger charge is 2.12. The number of carbonyl (C=O) groups excluding carboxylic acids is 1. The van der Waals surface area contributed by atoms with E-state index in [1.54, 1.807) is 61.5 Å². The van der Waals surface area contributed by atoms with Gasteiger partial charge in [-0.2, -0.15) is 5.26 Å².